The zero-order valence-corrected chi connectivity index (χ0v) is 13.6. The van der Waals surface area contributed by atoms with Crippen LogP contribution in [0.15, 0.2) is 24.3 Å². The third-order valence-corrected chi connectivity index (χ3v) is 3.25. The summed E-state index contributed by atoms with van der Waals surface area (Å²) in [6.45, 7) is 5.73. The second-order valence-corrected chi connectivity index (χ2v) is 5.75. The van der Waals surface area contributed by atoms with Crippen LogP contribution in [0.4, 0.5) is 5.69 Å². The summed E-state index contributed by atoms with van der Waals surface area (Å²) in [4.78, 5) is 25.5. The van der Waals surface area contributed by atoms with Gasteiger partial charge in [0, 0.05) is 16.8 Å². The number of carbonyl (C=O) groups is 2. The first-order valence-corrected chi connectivity index (χ1v) is 7.23. The van der Waals surface area contributed by atoms with Gasteiger partial charge in [-0.3, -0.25) is 14.5 Å². The summed E-state index contributed by atoms with van der Waals surface area (Å²) < 4.78 is 0. The van der Waals surface area contributed by atoms with Crippen molar-refractivity contribution in [2.24, 2.45) is 0 Å². The summed E-state index contributed by atoms with van der Waals surface area (Å²) in [7, 11) is 1.74. The number of rotatable bonds is 6. The van der Waals surface area contributed by atoms with Crippen LogP contribution < -0.4 is 10.6 Å². The molecular weight excluding hydrogens is 290 g/mol. The minimum absolute atomic E-state index is 0.0871. The number of halogens is 1. The number of nitrogens with one attached hydrogen (secondary N) is 2. The van der Waals surface area contributed by atoms with E-state index < -0.39 is 6.04 Å². The first-order chi connectivity index (χ1) is 9.79. The van der Waals surface area contributed by atoms with E-state index in [1.807, 2.05) is 13.8 Å². The monoisotopic (exact) mass is 311 g/mol. The molecular formula is C15H22ClN3O2. The van der Waals surface area contributed by atoms with Crippen LogP contribution in [0.25, 0.3) is 0 Å². The van der Waals surface area contributed by atoms with E-state index in [0.29, 0.717) is 10.7 Å². The van der Waals surface area contributed by atoms with Crippen LogP contribution in [0.2, 0.25) is 5.02 Å². The number of benzene rings is 1. The molecule has 1 aromatic rings. The van der Waals surface area contributed by atoms with Crippen LogP contribution in [0.1, 0.15) is 20.8 Å². The highest BCUT2D eigenvalue weighted by molar-refractivity contribution is 6.30. The molecule has 0 saturated carbocycles. The fourth-order valence-electron chi connectivity index (χ4n) is 1.71. The average Bonchev–Trinajstić information content (AvgIpc) is 2.39. The number of hydrogen-bond donors (Lipinski definition) is 2. The first kappa shape index (κ1) is 17.5. The SMILES string of the molecule is CC(C)NC(=O)CN(C)C(C)C(=O)Nc1ccc(Cl)cc1. The highest BCUT2D eigenvalue weighted by atomic mass is 35.5. The Bertz CT molecular complexity index is 488. The molecule has 0 aliphatic carbocycles. The minimum atomic E-state index is -0.418. The van der Waals surface area contributed by atoms with Gasteiger partial charge in [0.25, 0.3) is 0 Å². The molecule has 2 N–H and O–H groups in total. The highest BCUT2D eigenvalue weighted by Crippen LogP contribution is 2.14. The summed E-state index contributed by atoms with van der Waals surface area (Å²) >= 11 is 5.79. The van der Waals surface area contributed by atoms with E-state index in [0.717, 1.165) is 0 Å². The number of nitrogens with zero attached hydrogens (tertiary/aromatic N) is 1. The molecule has 0 bridgehead atoms. The van der Waals surface area contributed by atoms with Crippen LogP contribution in [0, 0.1) is 0 Å². The number of carbonyl (C=O) groups excluding carboxylic acids is 2. The van der Waals surface area contributed by atoms with Gasteiger partial charge in [-0.1, -0.05) is 11.6 Å². The lowest BCUT2D eigenvalue weighted by atomic mass is 10.2. The van der Waals surface area contributed by atoms with Gasteiger partial charge in [-0.15, -0.1) is 0 Å². The second kappa shape index (κ2) is 8.00. The Morgan fingerprint density at radius 1 is 1.19 bits per heavy atom. The lowest BCUT2D eigenvalue weighted by molar-refractivity contribution is -0.125. The van der Waals surface area contributed by atoms with E-state index in [9.17, 15) is 9.59 Å². The smallest absolute Gasteiger partial charge is 0.241 e. The van der Waals surface area contributed by atoms with Crippen LogP contribution in [-0.2, 0) is 9.59 Å². The lowest BCUT2D eigenvalue weighted by Gasteiger charge is -2.23. The van der Waals surface area contributed by atoms with Crippen molar-refractivity contribution in [3.8, 4) is 0 Å². The van der Waals surface area contributed by atoms with Gasteiger partial charge in [0.05, 0.1) is 12.6 Å². The number of anilines is 1. The van der Waals surface area contributed by atoms with Crippen molar-refractivity contribution in [1.82, 2.24) is 10.2 Å². The summed E-state index contributed by atoms with van der Waals surface area (Å²) in [5, 5.41) is 6.20. The first-order valence-electron chi connectivity index (χ1n) is 6.85. The molecule has 5 nitrogen and oxygen atoms in total. The highest BCUT2D eigenvalue weighted by Gasteiger charge is 2.20. The Morgan fingerprint density at radius 2 is 1.76 bits per heavy atom. The Kier molecular flexibility index (Phi) is 6.65. The summed E-state index contributed by atoms with van der Waals surface area (Å²) in [5.74, 6) is -0.268. The van der Waals surface area contributed by atoms with Crippen molar-refractivity contribution in [3.05, 3.63) is 29.3 Å². The molecule has 0 fully saturated rings. The number of hydrogen-bond acceptors (Lipinski definition) is 3. The average molecular weight is 312 g/mol. The van der Waals surface area contributed by atoms with Crippen molar-refractivity contribution in [2.45, 2.75) is 32.9 Å². The third kappa shape index (κ3) is 6.14. The van der Waals surface area contributed by atoms with Crippen molar-refractivity contribution in [2.75, 3.05) is 18.9 Å². The van der Waals surface area contributed by atoms with Gasteiger partial charge in [-0.05, 0) is 52.1 Å². The summed E-state index contributed by atoms with van der Waals surface area (Å²) in [6.07, 6.45) is 0. The maximum atomic E-state index is 12.1. The van der Waals surface area contributed by atoms with E-state index in [-0.39, 0.29) is 24.4 Å². The predicted molar refractivity (Wildman–Crippen MR) is 85.5 cm³/mol. The molecule has 0 spiro atoms. The Labute approximate surface area is 130 Å². The molecule has 0 radical (unpaired) electrons. The lowest BCUT2D eigenvalue weighted by Crippen LogP contribution is -2.45. The summed E-state index contributed by atoms with van der Waals surface area (Å²) in [6, 6.07) is 6.56. The largest absolute Gasteiger partial charge is 0.353 e. The quantitative estimate of drug-likeness (QED) is 0.846. The fourth-order valence-corrected chi connectivity index (χ4v) is 1.84. The molecule has 1 unspecified atom stereocenters. The number of amides is 2. The zero-order chi connectivity index (χ0) is 16.0. The predicted octanol–water partition coefficient (Wildman–Crippen LogP) is 2.12. The standard InChI is InChI=1S/C15H22ClN3O2/c1-10(2)17-14(20)9-19(4)11(3)15(21)18-13-7-5-12(16)6-8-13/h5-8,10-11H,9H2,1-4H3,(H,17,20)(H,18,21). The maximum Gasteiger partial charge on any atom is 0.241 e. The number of likely N-dealkylation sites (N-methyl/N-ethyl adjacent to an activating group) is 1. The van der Waals surface area contributed by atoms with Crippen molar-refractivity contribution in [3.63, 3.8) is 0 Å². The summed E-state index contributed by atoms with van der Waals surface area (Å²) in [5.41, 5.74) is 0.677. The van der Waals surface area contributed by atoms with Gasteiger partial charge in [0.15, 0.2) is 0 Å². The van der Waals surface area contributed by atoms with Gasteiger partial charge in [-0.2, -0.15) is 0 Å². The maximum absolute atomic E-state index is 12.1. The Hall–Kier alpha value is -1.59. The molecule has 6 heteroatoms. The van der Waals surface area contributed by atoms with E-state index >= 15 is 0 Å². The molecule has 1 atom stereocenters. The molecule has 1 aromatic carbocycles. The molecule has 0 aromatic heterocycles. The molecule has 0 saturated heterocycles. The van der Waals surface area contributed by atoms with Crippen molar-refractivity contribution in [1.29, 1.82) is 0 Å². The normalized spacial score (nSPS) is 12.3. The van der Waals surface area contributed by atoms with Crippen LogP contribution in [0.5, 0.6) is 0 Å². The van der Waals surface area contributed by atoms with Crippen LogP contribution in [-0.4, -0.2) is 42.4 Å². The molecule has 1 rings (SSSR count). The van der Waals surface area contributed by atoms with Gasteiger partial charge < -0.3 is 10.6 Å². The molecule has 21 heavy (non-hydrogen) atoms. The third-order valence-electron chi connectivity index (χ3n) is 3.00. The molecule has 0 aliphatic rings. The topological polar surface area (TPSA) is 61.4 Å². The molecule has 116 valence electrons. The molecule has 0 heterocycles. The van der Waals surface area contributed by atoms with E-state index in [2.05, 4.69) is 10.6 Å². The molecule has 2 amide bonds. The van der Waals surface area contributed by atoms with Gasteiger partial charge in [0.2, 0.25) is 11.8 Å². The van der Waals surface area contributed by atoms with Gasteiger partial charge in [0.1, 0.15) is 0 Å². The van der Waals surface area contributed by atoms with Crippen LogP contribution in [0.3, 0.4) is 0 Å². The van der Waals surface area contributed by atoms with Crippen molar-refractivity contribution >= 4 is 29.1 Å². The van der Waals surface area contributed by atoms with E-state index in [1.54, 1.807) is 43.1 Å². The Balaban J connectivity index is 2.53. The van der Waals surface area contributed by atoms with Gasteiger partial charge in [-0.25, -0.2) is 0 Å². The minimum Gasteiger partial charge on any atom is -0.353 e. The van der Waals surface area contributed by atoms with E-state index in [1.165, 1.54) is 0 Å². The second-order valence-electron chi connectivity index (χ2n) is 5.31. The fraction of sp³-hybridized carbons (Fsp3) is 0.467. The van der Waals surface area contributed by atoms with Crippen LogP contribution >= 0.6 is 11.6 Å². The Morgan fingerprint density at radius 3 is 2.29 bits per heavy atom. The zero-order valence-electron chi connectivity index (χ0n) is 12.8. The van der Waals surface area contributed by atoms with Gasteiger partial charge >= 0.3 is 0 Å². The van der Waals surface area contributed by atoms with E-state index in [4.69, 9.17) is 11.6 Å². The van der Waals surface area contributed by atoms with Crippen molar-refractivity contribution < 1.29 is 9.59 Å². The molecule has 0 aliphatic heterocycles.